The van der Waals surface area contributed by atoms with E-state index >= 15 is 0 Å². The van der Waals surface area contributed by atoms with Gasteiger partial charge in [0.1, 0.15) is 0 Å². The lowest BCUT2D eigenvalue weighted by molar-refractivity contribution is -0.138. The second-order valence-corrected chi connectivity index (χ2v) is 5.51. The summed E-state index contributed by atoms with van der Waals surface area (Å²) >= 11 is 0. The molecular formula is C16H19N3O2. The lowest BCUT2D eigenvalue weighted by Gasteiger charge is -2.30. The quantitative estimate of drug-likeness (QED) is 0.904. The van der Waals surface area contributed by atoms with Crippen LogP contribution in [0.1, 0.15) is 24.5 Å². The normalized spacial score (nSPS) is 17.0. The predicted molar refractivity (Wildman–Crippen MR) is 80.1 cm³/mol. The van der Waals surface area contributed by atoms with Gasteiger partial charge in [-0.1, -0.05) is 30.3 Å². The summed E-state index contributed by atoms with van der Waals surface area (Å²) in [6.07, 6.45) is 3.82. The number of piperidine rings is 1. The van der Waals surface area contributed by atoms with Crippen molar-refractivity contribution in [1.29, 1.82) is 0 Å². The van der Waals surface area contributed by atoms with Crippen molar-refractivity contribution in [1.82, 2.24) is 15.1 Å². The van der Waals surface area contributed by atoms with Crippen LogP contribution in [0.4, 0.5) is 0 Å². The molecule has 1 aliphatic heterocycles. The molecule has 0 spiro atoms. The molecule has 2 heterocycles. The van der Waals surface area contributed by atoms with E-state index in [1.807, 2.05) is 29.3 Å². The van der Waals surface area contributed by atoms with Crippen LogP contribution in [-0.4, -0.2) is 45.8 Å². The first-order valence-electron chi connectivity index (χ1n) is 7.27. The number of hydrogen-bond acceptors (Lipinski definition) is 3. The first-order chi connectivity index (χ1) is 10.2. The number of carbonyl (C=O) groups is 1. The standard InChI is InChI=1S/C16H19N3O2/c20-15(21)11-19-8-6-13(7-9-19)16-14(10-17-18-16)12-4-2-1-3-5-12/h1-5,10,13H,6-9,11H2,(H,17,18)(H,20,21). The van der Waals surface area contributed by atoms with Crippen LogP contribution in [0.2, 0.25) is 0 Å². The maximum Gasteiger partial charge on any atom is 0.317 e. The molecule has 110 valence electrons. The number of rotatable bonds is 4. The van der Waals surface area contributed by atoms with Gasteiger partial charge in [-0.2, -0.15) is 5.10 Å². The maximum absolute atomic E-state index is 10.8. The molecule has 5 nitrogen and oxygen atoms in total. The lowest BCUT2D eigenvalue weighted by atomic mass is 9.89. The molecule has 3 rings (SSSR count). The van der Waals surface area contributed by atoms with Gasteiger partial charge in [-0.05, 0) is 31.5 Å². The topological polar surface area (TPSA) is 69.2 Å². The second kappa shape index (κ2) is 6.10. The molecular weight excluding hydrogens is 266 g/mol. The Morgan fingerprint density at radius 3 is 2.67 bits per heavy atom. The molecule has 0 atom stereocenters. The van der Waals surface area contributed by atoms with Crippen LogP contribution in [-0.2, 0) is 4.79 Å². The minimum absolute atomic E-state index is 0.140. The van der Waals surface area contributed by atoms with Crippen molar-refractivity contribution >= 4 is 5.97 Å². The smallest absolute Gasteiger partial charge is 0.317 e. The minimum Gasteiger partial charge on any atom is -0.480 e. The number of aliphatic carboxylic acids is 1. The van der Waals surface area contributed by atoms with E-state index in [0.717, 1.165) is 31.5 Å². The van der Waals surface area contributed by atoms with E-state index in [2.05, 4.69) is 22.3 Å². The molecule has 0 radical (unpaired) electrons. The number of aromatic nitrogens is 2. The van der Waals surface area contributed by atoms with E-state index in [0.29, 0.717) is 5.92 Å². The van der Waals surface area contributed by atoms with Crippen molar-refractivity contribution in [2.75, 3.05) is 19.6 Å². The number of likely N-dealkylation sites (tertiary alicyclic amines) is 1. The van der Waals surface area contributed by atoms with Crippen molar-refractivity contribution < 1.29 is 9.90 Å². The zero-order valence-electron chi connectivity index (χ0n) is 11.8. The number of aromatic amines is 1. The van der Waals surface area contributed by atoms with Gasteiger partial charge in [-0.15, -0.1) is 0 Å². The average Bonchev–Trinajstić information content (AvgIpc) is 2.98. The van der Waals surface area contributed by atoms with Gasteiger partial charge in [0, 0.05) is 17.2 Å². The van der Waals surface area contributed by atoms with E-state index in [1.54, 1.807) is 0 Å². The zero-order valence-corrected chi connectivity index (χ0v) is 11.8. The first-order valence-corrected chi connectivity index (χ1v) is 7.27. The van der Waals surface area contributed by atoms with Crippen LogP contribution >= 0.6 is 0 Å². The van der Waals surface area contributed by atoms with Crippen molar-refractivity contribution in [3.63, 3.8) is 0 Å². The van der Waals surface area contributed by atoms with Crippen LogP contribution < -0.4 is 0 Å². The fourth-order valence-corrected chi connectivity index (χ4v) is 3.03. The lowest BCUT2D eigenvalue weighted by Crippen LogP contribution is -2.36. The molecule has 5 heteroatoms. The Kier molecular flexibility index (Phi) is 4.01. The molecule has 1 aliphatic rings. The third-order valence-electron chi connectivity index (χ3n) is 4.11. The van der Waals surface area contributed by atoms with E-state index in [-0.39, 0.29) is 6.54 Å². The van der Waals surface area contributed by atoms with Crippen LogP contribution in [0.25, 0.3) is 11.1 Å². The third kappa shape index (κ3) is 3.13. The van der Waals surface area contributed by atoms with Crippen molar-refractivity contribution in [2.24, 2.45) is 0 Å². The number of carboxylic acid groups (broad SMARTS) is 1. The van der Waals surface area contributed by atoms with Crippen LogP contribution in [0.15, 0.2) is 36.5 Å². The highest BCUT2D eigenvalue weighted by Crippen LogP contribution is 2.33. The second-order valence-electron chi connectivity index (χ2n) is 5.51. The highest BCUT2D eigenvalue weighted by atomic mass is 16.4. The molecule has 2 N–H and O–H groups in total. The Bertz CT molecular complexity index is 601. The van der Waals surface area contributed by atoms with Crippen molar-refractivity contribution in [2.45, 2.75) is 18.8 Å². The molecule has 0 bridgehead atoms. The van der Waals surface area contributed by atoms with Gasteiger partial charge in [-0.3, -0.25) is 14.8 Å². The molecule has 1 fully saturated rings. The molecule has 1 saturated heterocycles. The molecule has 1 aromatic heterocycles. The van der Waals surface area contributed by atoms with Gasteiger partial charge in [0.05, 0.1) is 12.7 Å². The Balaban J connectivity index is 1.72. The predicted octanol–water partition coefficient (Wildman–Crippen LogP) is 2.34. The monoisotopic (exact) mass is 285 g/mol. The maximum atomic E-state index is 10.8. The van der Waals surface area contributed by atoms with Gasteiger partial charge in [0.2, 0.25) is 0 Å². The largest absolute Gasteiger partial charge is 0.480 e. The number of benzene rings is 1. The Hall–Kier alpha value is -2.14. The van der Waals surface area contributed by atoms with Crippen LogP contribution in [0.5, 0.6) is 0 Å². The van der Waals surface area contributed by atoms with Gasteiger partial charge in [0.25, 0.3) is 0 Å². The molecule has 21 heavy (non-hydrogen) atoms. The fourth-order valence-electron chi connectivity index (χ4n) is 3.03. The van der Waals surface area contributed by atoms with Crippen LogP contribution in [0, 0.1) is 0 Å². The molecule has 1 aromatic carbocycles. The van der Waals surface area contributed by atoms with Gasteiger partial charge in [-0.25, -0.2) is 0 Å². The first kappa shape index (κ1) is 13.8. The average molecular weight is 285 g/mol. The highest BCUT2D eigenvalue weighted by Gasteiger charge is 2.25. The number of H-pyrrole nitrogens is 1. The molecule has 0 saturated carbocycles. The molecule has 2 aromatic rings. The summed E-state index contributed by atoms with van der Waals surface area (Å²) in [7, 11) is 0. The number of nitrogens with zero attached hydrogens (tertiary/aromatic N) is 2. The SMILES string of the molecule is O=C(O)CN1CCC(c2[nH]ncc2-c2ccccc2)CC1. The summed E-state index contributed by atoms with van der Waals surface area (Å²) in [5, 5.41) is 16.2. The third-order valence-corrected chi connectivity index (χ3v) is 4.11. The number of nitrogens with one attached hydrogen (secondary N) is 1. The van der Waals surface area contributed by atoms with E-state index in [1.165, 1.54) is 11.3 Å². The van der Waals surface area contributed by atoms with Gasteiger partial charge < -0.3 is 5.11 Å². The summed E-state index contributed by atoms with van der Waals surface area (Å²) < 4.78 is 0. The summed E-state index contributed by atoms with van der Waals surface area (Å²) in [4.78, 5) is 12.8. The summed E-state index contributed by atoms with van der Waals surface area (Å²) in [5.41, 5.74) is 3.51. The minimum atomic E-state index is -0.750. The molecule has 0 amide bonds. The summed E-state index contributed by atoms with van der Waals surface area (Å²) in [6, 6.07) is 10.2. The van der Waals surface area contributed by atoms with Crippen LogP contribution in [0.3, 0.4) is 0 Å². The Morgan fingerprint density at radius 2 is 2.00 bits per heavy atom. The number of hydrogen-bond donors (Lipinski definition) is 2. The summed E-state index contributed by atoms with van der Waals surface area (Å²) in [6.45, 7) is 1.79. The summed E-state index contributed by atoms with van der Waals surface area (Å²) in [5.74, 6) is -0.326. The van der Waals surface area contributed by atoms with Gasteiger partial charge >= 0.3 is 5.97 Å². The molecule has 0 aliphatic carbocycles. The Morgan fingerprint density at radius 1 is 1.29 bits per heavy atom. The molecule has 0 unspecified atom stereocenters. The van der Waals surface area contributed by atoms with E-state index in [9.17, 15) is 4.79 Å². The zero-order chi connectivity index (χ0) is 14.7. The Labute approximate surface area is 123 Å². The van der Waals surface area contributed by atoms with E-state index in [4.69, 9.17) is 5.11 Å². The van der Waals surface area contributed by atoms with Crippen molar-refractivity contribution in [3.05, 3.63) is 42.2 Å². The number of carboxylic acids is 1. The van der Waals surface area contributed by atoms with Crippen molar-refractivity contribution in [3.8, 4) is 11.1 Å². The van der Waals surface area contributed by atoms with E-state index < -0.39 is 5.97 Å². The fraction of sp³-hybridized carbons (Fsp3) is 0.375. The highest BCUT2D eigenvalue weighted by molar-refractivity contribution is 5.69. The van der Waals surface area contributed by atoms with Gasteiger partial charge in [0.15, 0.2) is 0 Å².